The number of carbonyl (C=O) groups excluding carboxylic acids is 2. The smallest absolute Gasteiger partial charge is 0.315 e. The highest BCUT2D eigenvalue weighted by Crippen LogP contribution is 2.62. The topological polar surface area (TPSA) is 71.1 Å². The second kappa shape index (κ2) is 11.9. The first-order chi connectivity index (χ1) is 20.2. The van der Waals surface area contributed by atoms with E-state index in [1.807, 2.05) is 71.2 Å². The Kier molecular flexibility index (Phi) is 8.74. The molecule has 2 bridgehead atoms. The fourth-order valence-corrected chi connectivity index (χ4v) is 8.12. The van der Waals surface area contributed by atoms with Crippen LogP contribution in [0.25, 0.3) is 0 Å². The molecule has 3 fully saturated rings. The molecule has 6 nitrogen and oxygen atoms in total. The number of carbonyl (C=O) groups is 2. The minimum absolute atomic E-state index is 0.204. The number of ether oxygens (including phenoxy) is 4. The molecule has 3 saturated carbocycles. The third-order valence-electron chi connectivity index (χ3n) is 11.3. The molecule has 0 saturated heterocycles. The summed E-state index contributed by atoms with van der Waals surface area (Å²) in [6, 6.07) is 15.7. The molecule has 2 aromatic rings. The zero-order valence-corrected chi connectivity index (χ0v) is 27.3. The second-order valence-corrected chi connectivity index (χ2v) is 14.9. The summed E-state index contributed by atoms with van der Waals surface area (Å²) >= 11 is 0. The van der Waals surface area contributed by atoms with Crippen molar-refractivity contribution in [3.63, 3.8) is 0 Å². The van der Waals surface area contributed by atoms with E-state index in [0.717, 1.165) is 47.3 Å². The van der Waals surface area contributed by atoms with E-state index in [0.29, 0.717) is 24.0 Å². The lowest BCUT2D eigenvalue weighted by atomic mass is 9.76. The molecule has 0 N–H and O–H groups in total. The maximum atomic E-state index is 13.5. The van der Waals surface area contributed by atoms with Crippen LogP contribution in [0.3, 0.4) is 0 Å². The molecule has 2 aromatic carbocycles. The van der Waals surface area contributed by atoms with Crippen LogP contribution in [0.15, 0.2) is 48.5 Å². The average Bonchev–Trinajstić information content (AvgIpc) is 3.64. The molecule has 5 rings (SSSR count). The van der Waals surface area contributed by atoms with Crippen molar-refractivity contribution in [1.82, 2.24) is 0 Å². The van der Waals surface area contributed by atoms with Gasteiger partial charge < -0.3 is 18.9 Å². The van der Waals surface area contributed by atoms with Crippen molar-refractivity contribution in [3.05, 3.63) is 59.7 Å². The summed E-state index contributed by atoms with van der Waals surface area (Å²) in [6.45, 7) is 14.9. The van der Waals surface area contributed by atoms with E-state index >= 15 is 0 Å². The Morgan fingerprint density at radius 3 is 1.91 bits per heavy atom. The highest BCUT2D eigenvalue weighted by atomic mass is 16.5. The van der Waals surface area contributed by atoms with E-state index in [-0.39, 0.29) is 17.4 Å². The molecule has 0 heterocycles. The normalized spacial score (nSPS) is 26.7. The van der Waals surface area contributed by atoms with Crippen molar-refractivity contribution in [2.75, 3.05) is 20.3 Å². The van der Waals surface area contributed by atoms with E-state index in [9.17, 15) is 9.59 Å². The zero-order chi connectivity index (χ0) is 31.2. The van der Waals surface area contributed by atoms with Gasteiger partial charge in [0.1, 0.15) is 22.5 Å². The van der Waals surface area contributed by atoms with Crippen LogP contribution in [0.2, 0.25) is 0 Å². The van der Waals surface area contributed by atoms with Gasteiger partial charge in [0.15, 0.2) is 0 Å². The number of hydrogen-bond donors (Lipinski definition) is 0. The summed E-state index contributed by atoms with van der Waals surface area (Å²) in [5, 5.41) is 0. The molecule has 6 heteroatoms. The summed E-state index contributed by atoms with van der Waals surface area (Å²) in [5.74, 6) is 5.10. The van der Waals surface area contributed by atoms with Crippen molar-refractivity contribution < 1.29 is 28.5 Å². The standard InChI is InChI=1S/C37H50O6/c1-23(38)42-29-13-9-27(10-14-29)35(2,3)28-11-15-30(16-12-28)43-37(6,7)36(4,5)34(39)41-21-24-17-31-25-19-26(22-40-8)32(20-25)33(31)18-24/h9-16,24-26,31-33H,17-22H2,1-8H3. The number of methoxy groups -OCH3 is 1. The van der Waals surface area contributed by atoms with Gasteiger partial charge in [-0.25, -0.2) is 0 Å². The summed E-state index contributed by atoms with van der Waals surface area (Å²) in [7, 11) is 1.82. The van der Waals surface area contributed by atoms with Gasteiger partial charge in [0.25, 0.3) is 0 Å². The number of benzene rings is 2. The molecule has 0 radical (unpaired) electrons. The largest absolute Gasteiger partial charge is 0.487 e. The van der Waals surface area contributed by atoms with Gasteiger partial charge in [0.05, 0.1) is 6.61 Å². The quantitative estimate of drug-likeness (QED) is 0.198. The van der Waals surface area contributed by atoms with Crippen molar-refractivity contribution in [3.8, 4) is 11.5 Å². The molecular formula is C37H50O6. The van der Waals surface area contributed by atoms with Crippen LogP contribution >= 0.6 is 0 Å². The maximum Gasteiger partial charge on any atom is 0.315 e. The van der Waals surface area contributed by atoms with Crippen LogP contribution in [-0.2, 0) is 24.5 Å². The van der Waals surface area contributed by atoms with Gasteiger partial charge in [0.2, 0.25) is 0 Å². The van der Waals surface area contributed by atoms with Crippen LogP contribution in [0.1, 0.15) is 85.3 Å². The Hall–Kier alpha value is -2.86. The third kappa shape index (κ3) is 6.22. The second-order valence-electron chi connectivity index (χ2n) is 14.9. The van der Waals surface area contributed by atoms with Crippen molar-refractivity contribution in [2.24, 2.45) is 40.9 Å². The Morgan fingerprint density at radius 1 is 0.744 bits per heavy atom. The summed E-state index contributed by atoms with van der Waals surface area (Å²) in [5.41, 5.74) is 0.335. The summed E-state index contributed by atoms with van der Waals surface area (Å²) < 4.78 is 23.2. The molecule has 6 unspecified atom stereocenters. The van der Waals surface area contributed by atoms with Gasteiger partial charge in [-0.15, -0.1) is 0 Å². The highest BCUT2D eigenvalue weighted by Gasteiger charge is 2.56. The van der Waals surface area contributed by atoms with Gasteiger partial charge in [0, 0.05) is 26.1 Å². The Bertz CT molecular complexity index is 1290. The first-order valence-corrected chi connectivity index (χ1v) is 16.0. The maximum absolute atomic E-state index is 13.5. The van der Waals surface area contributed by atoms with E-state index in [4.69, 9.17) is 18.9 Å². The Balaban J connectivity index is 1.16. The van der Waals surface area contributed by atoms with Crippen molar-refractivity contribution in [1.29, 1.82) is 0 Å². The number of esters is 2. The Morgan fingerprint density at radius 2 is 1.33 bits per heavy atom. The highest BCUT2D eigenvalue weighted by molar-refractivity contribution is 5.77. The third-order valence-corrected chi connectivity index (χ3v) is 11.3. The predicted molar refractivity (Wildman–Crippen MR) is 167 cm³/mol. The fraction of sp³-hybridized carbons (Fsp3) is 0.622. The number of fused-ring (bicyclic) bond motifs is 5. The summed E-state index contributed by atoms with van der Waals surface area (Å²) in [6.07, 6.45) is 5.06. The van der Waals surface area contributed by atoms with Gasteiger partial charge in [-0.2, -0.15) is 0 Å². The van der Waals surface area contributed by atoms with Gasteiger partial charge in [-0.1, -0.05) is 38.1 Å². The van der Waals surface area contributed by atoms with Crippen molar-refractivity contribution in [2.45, 2.75) is 85.2 Å². The number of rotatable bonds is 11. The van der Waals surface area contributed by atoms with Gasteiger partial charge in [-0.05, 0) is 124 Å². The minimum atomic E-state index is -0.842. The first kappa shape index (κ1) is 31.6. The monoisotopic (exact) mass is 590 g/mol. The van der Waals surface area contributed by atoms with Crippen LogP contribution in [0.4, 0.5) is 0 Å². The van der Waals surface area contributed by atoms with E-state index in [2.05, 4.69) is 26.0 Å². The molecule has 6 atom stereocenters. The van der Waals surface area contributed by atoms with E-state index in [1.54, 1.807) is 0 Å². The molecule has 43 heavy (non-hydrogen) atoms. The molecule has 234 valence electrons. The minimum Gasteiger partial charge on any atom is -0.487 e. The average molecular weight is 591 g/mol. The zero-order valence-electron chi connectivity index (χ0n) is 27.3. The lowest BCUT2D eigenvalue weighted by Crippen LogP contribution is -2.50. The van der Waals surface area contributed by atoms with Crippen LogP contribution in [-0.4, -0.2) is 37.9 Å². The first-order valence-electron chi connectivity index (χ1n) is 16.0. The Labute approximate surface area is 257 Å². The number of hydrogen-bond acceptors (Lipinski definition) is 6. The lowest BCUT2D eigenvalue weighted by molar-refractivity contribution is -0.166. The van der Waals surface area contributed by atoms with Crippen molar-refractivity contribution >= 4 is 11.9 Å². The molecule has 0 spiro atoms. The fourth-order valence-electron chi connectivity index (χ4n) is 8.12. The van der Waals surface area contributed by atoms with E-state index < -0.39 is 11.0 Å². The molecular weight excluding hydrogens is 540 g/mol. The molecule has 3 aliphatic carbocycles. The molecule has 0 amide bonds. The van der Waals surface area contributed by atoms with Gasteiger partial charge in [-0.3, -0.25) is 9.59 Å². The lowest BCUT2D eigenvalue weighted by Gasteiger charge is -2.39. The molecule has 0 aliphatic heterocycles. The van der Waals surface area contributed by atoms with Crippen LogP contribution in [0.5, 0.6) is 11.5 Å². The SMILES string of the molecule is COCC1CC2CC1C1CC(COC(=O)C(C)(C)C(C)(C)Oc3ccc(C(C)(C)c4ccc(OC(C)=O)cc4)cc3)CC21. The summed E-state index contributed by atoms with van der Waals surface area (Å²) in [4.78, 5) is 24.7. The van der Waals surface area contributed by atoms with Crippen LogP contribution in [0, 0.1) is 40.9 Å². The molecule has 3 aliphatic rings. The molecule has 0 aromatic heterocycles. The predicted octanol–water partition coefficient (Wildman–Crippen LogP) is 7.61. The van der Waals surface area contributed by atoms with Crippen LogP contribution < -0.4 is 9.47 Å². The van der Waals surface area contributed by atoms with Gasteiger partial charge >= 0.3 is 11.9 Å². The van der Waals surface area contributed by atoms with E-state index in [1.165, 1.54) is 32.6 Å².